The maximum atomic E-state index is 12.1. The Bertz CT molecular complexity index is 625. The van der Waals surface area contributed by atoms with Crippen LogP contribution in [0, 0.1) is 0 Å². The molecule has 0 radical (unpaired) electrons. The van der Waals surface area contributed by atoms with Gasteiger partial charge < -0.3 is 10.6 Å². The average molecular weight is 312 g/mol. The lowest BCUT2D eigenvalue weighted by Crippen LogP contribution is -2.25. The molecule has 5 nitrogen and oxygen atoms in total. The first-order valence-corrected chi connectivity index (χ1v) is 8.19. The monoisotopic (exact) mass is 312 g/mol. The average Bonchev–Trinajstić information content (AvgIpc) is 2.59. The number of rotatable bonds is 8. The van der Waals surface area contributed by atoms with Crippen molar-refractivity contribution in [3.8, 4) is 0 Å². The predicted molar refractivity (Wildman–Crippen MR) is 93.0 cm³/mol. The fourth-order valence-electron chi connectivity index (χ4n) is 2.19. The molecule has 1 aromatic carbocycles. The lowest BCUT2D eigenvalue weighted by molar-refractivity contribution is 0.0948. The molecule has 5 heteroatoms. The Labute approximate surface area is 137 Å². The Morgan fingerprint density at radius 2 is 1.87 bits per heavy atom. The highest BCUT2D eigenvalue weighted by atomic mass is 16.1. The van der Waals surface area contributed by atoms with Crippen molar-refractivity contribution in [2.45, 2.75) is 39.5 Å². The van der Waals surface area contributed by atoms with Gasteiger partial charge in [0, 0.05) is 18.3 Å². The summed E-state index contributed by atoms with van der Waals surface area (Å²) in [6, 6.07) is 9.83. The van der Waals surface area contributed by atoms with Crippen molar-refractivity contribution in [2.24, 2.45) is 0 Å². The summed E-state index contributed by atoms with van der Waals surface area (Å²) < 4.78 is 0. The highest BCUT2D eigenvalue weighted by molar-refractivity contribution is 5.92. The third kappa shape index (κ3) is 5.36. The lowest BCUT2D eigenvalue weighted by Gasteiger charge is -2.08. The van der Waals surface area contributed by atoms with Gasteiger partial charge in [0.15, 0.2) is 0 Å². The number of carbonyl (C=O) groups is 1. The Hall–Kier alpha value is -2.43. The molecule has 1 amide bonds. The van der Waals surface area contributed by atoms with Crippen molar-refractivity contribution in [3.63, 3.8) is 0 Å². The van der Waals surface area contributed by atoms with Gasteiger partial charge in [-0.3, -0.25) is 4.79 Å². The summed E-state index contributed by atoms with van der Waals surface area (Å²) in [5.74, 6) is 0.454. The molecule has 0 aliphatic rings. The fourth-order valence-corrected chi connectivity index (χ4v) is 2.19. The summed E-state index contributed by atoms with van der Waals surface area (Å²) in [6.45, 7) is 4.94. The molecular weight excluding hydrogens is 288 g/mol. The van der Waals surface area contributed by atoms with E-state index in [0.29, 0.717) is 18.1 Å². The second-order valence-electron chi connectivity index (χ2n) is 5.43. The minimum atomic E-state index is -0.159. The van der Waals surface area contributed by atoms with E-state index in [0.717, 1.165) is 31.4 Å². The van der Waals surface area contributed by atoms with E-state index in [9.17, 15) is 4.79 Å². The molecule has 2 N–H and O–H groups in total. The molecule has 2 aromatic rings. The third-order valence-electron chi connectivity index (χ3n) is 3.60. The number of amides is 1. The van der Waals surface area contributed by atoms with Crippen molar-refractivity contribution in [1.82, 2.24) is 15.3 Å². The number of unbranched alkanes of at least 4 members (excludes halogenated alkanes) is 2. The van der Waals surface area contributed by atoms with E-state index in [1.54, 1.807) is 6.07 Å². The molecule has 0 unspecified atom stereocenters. The molecule has 122 valence electrons. The Morgan fingerprint density at radius 3 is 2.57 bits per heavy atom. The van der Waals surface area contributed by atoms with Gasteiger partial charge in [-0.05, 0) is 30.5 Å². The van der Waals surface area contributed by atoms with Crippen molar-refractivity contribution in [2.75, 3.05) is 11.9 Å². The molecule has 1 aromatic heterocycles. The second kappa shape index (κ2) is 8.88. The zero-order valence-electron chi connectivity index (χ0n) is 13.8. The highest BCUT2D eigenvalue weighted by Gasteiger charge is 2.08. The maximum absolute atomic E-state index is 12.1. The Kier molecular flexibility index (Phi) is 6.54. The molecule has 1 heterocycles. The summed E-state index contributed by atoms with van der Waals surface area (Å²) >= 11 is 0. The van der Waals surface area contributed by atoms with Gasteiger partial charge >= 0.3 is 0 Å². The van der Waals surface area contributed by atoms with Crippen LogP contribution >= 0.6 is 0 Å². The van der Waals surface area contributed by atoms with E-state index in [-0.39, 0.29) is 5.91 Å². The highest BCUT2D eigenvalue weighted by Crippen LogP contribution is 2.15. The number of aromatic nitrogens is 2. The number of anilines is 2. The zero-order chi connectivity index (χ0) is 16.5. The third-order valence-corrected chi connectivity index (χ3v) is 3.60. The van der Waals surface area contributed by atoms with Crippen LogP contribution in [0.5, 0.6) is 0 Å². The topological polar surface area (TPSA) is 66.9 Å². The second-order valence-corrected chi connectivity index (χ2v) is 5.43. The van der Waals surface area contributed by atoms with E-state index in [1.165, 1.54) is 11.9 Å². The van der Waals surface area contributed by atoms with Crippen LogP contribution in [-0.4, -0.2) is 22.4 Å². The lowest BCUT2D eigenvalue weighted by atomic mass is 10.1. The smallest absolute Gasteiger partial charge is 0.270 e. The normalized spacial score (nSPS) is 10.3. The van der Waals surface area contributed by atoms with Crippen molar-refractivity contribution in [1.29, 1.82) is 0 Å². The molecule has 0 aliphatic carbocycles. The van der Waals surface area contributed by atoms with Crippen LogP contribution in [0.15, 0.2) is 36.7 Å². The van der Waals surface area contributed by atoms with E-state index in [1.807, 2.05) is 12.1 Å². The largest absolute Gasteiger partial charge is 0.351 e. The van der Waals surface area contributed by atoms with E-state index in [2.05, 4.69) is 46.6 Å². The molecular formula is C18H24N4O. The minimum absolute atomic E-state index is 0.159. The quantitative estimate of drug-likeness (QED) is 0.729. The summed E-state index contributed by atoms with van der Waals surface area (Å²) in [5, 5.41) is 6.08. The molecule has 0 fully saturated rings. The first kappa shape index (κ1) is 16.9. The first-order chi connectivity index (χ1) is 11.2. The number of nitrogens with zero attached hydrogens (tertiary/aromatic N) is 2. The number of carbonyl (C=O) groups excluding carboxylic acids is 1. The summed E-state index contributed by atoms with van der Waals surface area (Å²) in [6.07, 6.45) is 5.65. The Morgan fingerprint density at radius 1 is 1.09 bits per heavy atom. The summed E-state index contributed by atoms with van der Waals surface area (Å²) in [5.41, 5.74) is 2.60. The SMILES string of the molecule is CCCCCNC(=O)c1cc(Nc2ccc(CC)cc2)ncn1. The molecule has 23 heavy (non-hydrogen) atoms. The van der Waals surface area contributed by atoms with E-state index < -0.39 is 0 Å². The van der Waals surface area contributed by atoms with Crippen LogP contribution in [0.3, 0.4) is 0 Å². The molecule has 2 rings (SSSR count). The van der Waals surface area contributed by atoms with E-state index in [4.69, 9.17) is 0 Å². The van der Waals surface area contributed by atoms with E-state index >= 15 is 0 Å². The van der Waals surface area contributed by atoms with Crippen molar-refractivity contribution in [3.05, 3.63) is 47.9 Å². The molecule has 0 bridgehead atoms. The number of hydrogen-bond donors (Lipinski definition) is 2. The van der Waals surface area contributed by atoms with Crippen LogP contribution in [0.2, 0.25) is 0 Å². The summed E-state index contributed by atoms with van der Waals surface area (Å²) in [4.78, 5) is 20.3. The maximum Gasteiger partial charge on any atom is 0.270 e. The van der Waals surface area contributed by atoms with Crippen LogP contribution in [0.1, 0.15) is 49.2 Å². The van der Waals surface area contributed by atoms with Gasteiger partial charge in [-0.25, -0.2) is 9.97 Å². The minimum Gasteiger partial charge on any atom is -0.351 e. The van der Waals surface area contributed by atoms with Gasteiger partial charge in [0.25, 0.3) is 5.91 Å². The first-order valence-electron chi connectivity index (χ1n) is 8.19. The van der Waals surface area contributed by atoms with Gasteiger partial charge in [0.2, 0.25) is 0 Å². The number of benzene rings is 1. The van der Waals surface area contributed by atoms with Crippen molar-refractivity contribution >= 4 is 17.4 Å². The van der Waals surface area contributed by atoms with Gasteiger partial charge in [0.05, 0.1) is 0 Å². The molecule has 0 atom stereocenters. The molecule has 0 saturated carbocycles. The van der Waals surface area contributed by atoms with Crippen LogP contribution < -0.4 is 10.6 Å². The van der Waals surface area contributed by atoms with Gasteiger partial charge in [-0.1, -0.05) is 38.8 Å². The molecule has 0 saturated heterocycles. The van der Waals surface area contributed by atoms with Crippen LogP contribution in [0.4, 0.5) is 11.5 Å². The standard InChI is InChI=1S/C18H24N4O/c1-3-5-6-11-19-18(23)16-12-17(21-13-20-16)22-15-9-7-14(4-2)8-10-15/h7-10,12-13H,3-6,11H2,1-2H3,(H,19,23)(H,20,21,22). The van der Waals surface area contributed by atoms with Gasteiger partial charge in [-0.15, -0.1) is 0 Å². The molecule has 0 spiro atoms. The van der Waals surface area contributed by atoms with Crippen LogP contribution in [-0.2, 0) is 6.42 Å². The molecule has 0 aliphatic heterocycles. The predicted octanol–water partition coefficient (Wildman–Crippen LogP) is 3.70. The fraction of sp³-hybridized carbons (Fsp3) is 0.389. The number of nitrogens with one attached hydrogen (secondary N) is 2. The van der Waals surface area contributed by atoms with Crippen molar-refractivity contribution < 1.29 is 4.79 Å². The summed E-state index contributed by atoms with van der Waals surface area (Å²) in [7, 11) is 0. The number of hydrogen-bond acceptors (Lipinski definition) is 4. The number of aryl methyl sites for hydroxylation is 1. The van der Waals surface area contributed by atoms with Crippen LogP contribution in [0.25, 0.3) is 0 Å². The Balaban J connectivity index is 1.96. The zero-order valence-corrected chi connectivity index (χ0v) is 13.8. The van der Waals surface area contributed by atoms with Gasteiger partial charge in [0.1, 0.15) is 17.8 Å². The van der Waals surface area contributed by atoms with Gasteiger partial charge in [-0.2, -0.15) is 0 Å².